The molecule has 34 heavy (non-hydrogen) atoms. The van der Waals surface area contributed by atoms with Crippen molar-refractivity contribution in [1.82, 2.24) is 9.80 Å². The van der Waals surface area contributed by atoms with Crippen LogP contribution >= 0.6 is 0 Å². The van der Waals surface area contributed by atoms with Crippen LogP contribution in [0, 0.1) is 0 Å². The Balaban J connectivity index is 2.27. The Labute approximate surface area is 202 Å². The highest BCUT2D eigenvalue weighted by atomic mass is 16.6. The molecule has 1 aromatic carbocycles. The summed E-state index contributed by atoms with van der Waals surface area (Å²) in [5, 5.41) is 0. The predicted octanol–water partition coefficient (Wildman–Crippen LogP) is 4.92. The van der Waals surface area contributed by atoms with Gasteiger partial charge in [0.05, 0.1) is 13.2 Å². The lowest BCUT2D eigenvalue weighted by Gasteiger charge is -2.44. The Morgan fingerprint density at radius 3 is 2.41 bits per heavy atom. The first kappa shape index (κ1) is 27.2. The van der Waals surface area contributed by atoms with Crippen molar-refractivity contribution in [1.29, 1.82) is 0 Å². The number of benzene rings is 1. The van der Waals surface area contributed by atoms with Gasteiger partial charge in [0.25, 0.3) is 0 Å². The van der Waals surface area contributed by atoms with Gasteiger partial charge in [-0.25, -0.2) is 14.4 Å². The highest BCUT2D eigenvalue weighted by molar-refractivity contribution is 5.81. The Morgan fingerprint density at radius 1 is 1.18 bits per heavy atom. The second-order valence-electron chi connectivity index (χ2n) is 9.54. The van der Waals surface area contributed by atoms with Crippen LogP contribution < -0.4 is 0 Å². The van der Waals surface area contributed by atoms with Crippen LogP contribution in [0.1, 0.15) is 58.9 Å². The third kappa shape index (κ3) is 7.78. The molecule has 8 heteroatoms. The molecule has 188 valence electrons. The summed E-state index contributed by atoms with van der Waals surface area (Å²) in [5.74, 6) is -0.557. The SMILES string of the molecule is C=CC[C@H]1CCCC(CN(C(=O)OCc2ccccc2)[C@@H](C)C(=O)OC)N1C(=O)OC(C)(C)C. The maximum Gasteiger partial charge on any atom is 0.410 e. The van der Waals surface area contributed by atoms with Crippen molar-refractivity contribution in [2.75, 3.05) is 13.7 Å². The molecule has 0 radical (unpaired) electrons. The summed E-state index contributed by atoms with van der Waals surface area (Å²) in [6.45, 7) is 11.1. The van der Waals surface area contributed by atoms with Gasteiger partial charge >= 0.3 is 18.2 Å². The summed E-state index contributed by atoms with van der Waals surface area (Å²) >= 11 is 0. The standard InChI is InChI=1S/C26H38N2O6/c1-7-12-21-15-11-16-22(28(21)25(31)34-26(3,4)5)17-27(19(2)23(29)32-6)24(30)33-18-20-13-9-8-10-14-20/h7-10,13-14,19,21-22H,1,11-12,15-18H2,2-6H3/t19-,21-,22?/m0/s1. The van der Waals surface area contributed by atoms with Gasteiger partial charge in [0.1, 0.15) is 18.2 Å². The normalized spacial score (nSPS) is 19.0. The molecule has 1 saturated heterocycles. The summed E-state index contributed by atoms with van der Waals surface area (Å²) in [6.07, 6.45) is 3.68. The summed E-state index contributed by atoms with van der Waals surface area (Å²) in [7, 11) is 1.28. The summed E-state index contributed by atoms with van der Waals surface area (Å²) < 4.78 is 16.1. The zero-order valence-electron chi connectivity index (χ0n) is 21.0. The molecule has 0 spiro atoms. The van der Waals surface area contributed by atoms with Crippen LogP contribution in [-0.2, 0) is 25.6 Å². The number of carbonyl (C=O) groups excluding carboxylic acids is 3. The number of rotatable bonds is 8. The number of hydrogen-bond acceptors (Lipinski definition) is 6. The van der Waals surface area contributed by atoms with E-state index in [1.165, 1.54) is 12.0 Å². The van der Waals surface area contributed by atoms with E-state index in [-0.39, 0.29) is 25.2 Å². The monoisotopic (exact) mass is 474 g/mol. The maximum absolute atomic E-state index is 13.2. The zero-order valence-corrected chi connectivity index (χ0v) is 21.0. The third-order valence-electron chi connectivity index (χ3n) is 5.76. The fraction of sp³-hybridized carbons (Fsp3) is 0.577. The second kappa shape index (κ2) is 12.4. The van der Waals surface area contributed by atoms with E-state index in [1.54, 1.807) is 17.9 Å². The summed E-state index contributed by atoms with van der Waals surface area (Å²) in [4.78, 5) is 41.7. The van der Waals surface area contributed by atoms with E-state index in [4.69, 9.17) is 14.2 Å². The van der Waals surface area contributed by atoms with Gasteiger partial charge in [0, 0.05) is 12.6 Å². The quantitative estimate of drug-likeness (QED) is 0.302. The van der Waals surface area contributed by atoms with Gasteiger partial charge < -0.3 is 19.1 Å². The molecule has 1 fully saturated rings. The average Bonchev–Trinajstić information content (AvgIpc) is 2.79. The average molecular weight is 475 g/mol. The number of piperidine rings is 1. The molecule has 8 nitrogen and oxygen atoms in total. The first-order valence-electron chi connectivity index (χ1n) is 11.7. The zero-order chi connectivity index (χ0) is 25.3. The van der Waals surface area contributed by atoms with Crippen molar-refractivity contribution in [2.45, 2.75) is 83.7 Å². The first-order valence-corrected chi connectivity index (χ1v) is 11.7. The van der Waals surface area contributed by atoms with E-state index in [0.29, 0.717) is 12.8 Å². The molecule has 2 rings (SSSR count). The smallest absolute Gasteiger partial charge is 0.410 e. The van der Waals surface area contributed by atoms with Gasteiger partial charge in [-0.1, -0.05) is 36.4 Å². The lowest BCUT2D eigenvalue weighted by atomic mass is 9.93. The number of hydrogen-bond donors (Lipinski definition) is 0. The van der Waals surface area contributed by atoms with Crippen molar-refractivity contribution in [3.63, 3.8) is 0 Å². The van der Waals surface area contributed by atoms with E-state index in [2.05, 4.69) is 6.58 Å². The van der Waals surface area contributed by atoms with E-state index in [9.17, 15) is 14.4 Å². The van der Waals surface area contributed by atoms with E-state index < -0.39 is 29.8 Å². The van der Waals surface area contributed by atoms with Crippen LogP contribution in [-0.4, -0.2) is 65.3 Å². The van der Waals surface area contributed by atoms with Crippen molar-refractivity contribution >= 4 is 18.2 Å². The van der Waals surface area contributed by atoms with Crippen molar-refractivity contribution in [2.24, 2.45) is 0 Å². The molecular formula is C26H38N2O6. The maximum atomic E-state index is 13.2. The molecule has 0 aromatic heterocycles. The van der Waals surface area contributed by atoms with Crippen LogP contribution in [0.3, 0.4) is 0 Å². The van der Waals surface area contributed by atoms with E-state index in [0.717, 1.165) is 18.4 Å². The number of methoxy groups -OCH3 is 1. The van der Waals surface area contributed by atoms with Crippen molar-refractivity contribution < 1.29 is 28.6 Å². The number of amides is 2. The highest BCUT2D eigenvalue weighted by Gasteiger charge is 2.40. The second-order valence-corrected chi connectivity index (χ2v) is 9.54. The molecule has 0 bridgehead atoms. The number of likely N-dealkylation sites (tertiary alicyclic amines) is 1. The molecule has 1 aliphatic rings. The van der Waals surface area contributed by atoms with Gasteiger partial charge in [-0.2, -0.15) is 0 Å². The molecule has 0 N–H and O–H groups in total. The van der Waals surface area contributed by atoms with Crippen LogP contribution in [0.25, 0.3) is 0 Å². The largest absolute Gasteiger partial charge is 0.467 e. The Morgan fingerprint density at radius 2 is 1.82 bits per heavy atom. The number of esters is 1. The minimum absolute atomic E-state index is 0.0730. The molecular weight excluding hydrogens is 436 g/mol. The van der Waals surface area contributed by atoms with Gasteiger partial charge in [0.15, 0.2) is 0 Å². The Bertz CT molecular complexity index is 835. The molecule has 2 amide bonds. The van der Waals surface area contributed by atoms with Crippen molar-refractivity contribution in [3.05, 3.63) is 48.6 Å². The lowest BCUT2D eigenvalue weighted by Crippen LogP contribution is -2.57. The Hall–Kier alpha value is -3.03. The van der Waals surface area contributed by atoms with Crippen LogP contribution in [0.2, 0.25) is 0 Å². The van der Waals surface area contributed by atoms with Gasteiger partial charge in [-0.3, -0.25) is 4.90 Å². The van der Waals surface area contributed by atoms with Crippen LogP contribution in [0.4, 0.5) is 9.59 Å². The van der Waals surface area contributed by atoms with E-state index >= 15 is 0 Å². The topological polar surface area (TPSA) is 85.4 Å². The van der Waals surface area contributed by atoms with Crippen LogP contribution in [0.5, 0.6) is 0 Å². The molecule has 3 atom stereocenters. The minimum atomic E-state index is -0.881. The first-order chi connectivity index (χ1) is 16.1. The molecule has 0 aliphatic carbocycles. The Kier molecular flexibility index (Phi) is 9.96. The van der Waals surface area contributed by atoms with Crippen LogP contribution in [0.15, 0.2) is 43.0 Å². The molecule has 1 aromatic rings. The molecule has 1 heterocycles. The summed E-state index contributed by atoms with van der Waals surface area (Å²) in [5.41, 5.74) is 0.173. The molecule has 0 saturated carbocycles. The van der Waals surface area contributed by atoms with Crippen molar-refractivity contribution in [3.8, 4) is 0 Å². The minimum Gasteiger partial charge on any atom is -0.467 e. The van der Waals surface area contributed by atoms with Gasteiger partial charge in [0.2, 0.25) is 0 Å². The summed E-state index contributed by atoms with van der Waals surface area (Å²) in [6, 6.07) is 7.99. The predicted molar refractivity (Wildman–Crippen MR) is 129 cm³/mol. The van der Waals surface area contributed by atoms with Gasteiger partial charge in [-0.15, -0.1) is 6.58 Å². The van der Waals surface area contributed by atoms with E-state index in [1.807, 2.05) is 51.1 Å². The van der Waals surface area contributed by atoms with Gasteiger partial charge in [-0.05, 0) is 58.9 Å². The molecule has 1 aliphatic heterocycles. The fourth-order valence-electron chi connectivity index (χ4n) is 4.10. The number of ether oxygens (including phenoxy) is 3. The number of nitrogens with zero attached hydrogens (tertiary/aromatic N) is 2. The number of carbonyl (C=O) groups is 3. The fourth-order valence-corrected chi connectivity index (χ4v) is 4.10. The molecule has 1 unspecified atom stereocenters. The highest BCUT2D eigenvalue weighted by Crippen LogP contribution is 2.29. The lowest BCUT2D eigenvalue weighted by molar-refractivity contribution is -0.146. The third-order valence-corrected chi connectivity index (χ3v) is 5.76.